The molecule has 0 bridgehead atoms. The van der Waals surface area contributed by atoms with Crippen LogP contribution in [-0.4, -0.2) is 16.2 Å². The number of phenols is 1. The van der Waals surface area contributed by atoms with Gasteiger partial charge in [-0.25, -0.2) is 4.79 Å². The molecule has 0 saturated heterocycles. The highest BCUT2D eigenvalue weighted by molar-refractivity contribution is 7.17. The topological polar surface area (TPSA) is 57.5 Å². The molecule has 2 aromatic carbocycles. The maximum atomic E-state index is 11.0. The first-order valence-corrected chi connectivity index (χ1v) is 6.57. The molecule has 0 atom stereocenters. The molecular weight excluding hydrogens is 260 g/mol. The van der Waals surface area contributed by atoms with Gasteiger partial charge in [0, 0.05) is 15.6 Å². The highest BCUT2D eigenvalue weighted by Crippen LogP contribution is 2.35. The summed E-state index contributed by atoms with van der Waals surface area (Å²) in [5, 5.41) is 21.7. The van der Waals surface area contributed by atoms with Crippen molar-refractivity contribution in [3.63, 3.8) is 0 Å². The average molecular weight is 270 g/mol. The van der Waals surface area contributed by atoms with Gasteiger partial charge in [-0.2, -0.15) is 0 Å². The molecule has 0 saturated carbocycles. The standard InChI is InChI=1S/C15H10O3S/c16-13-6-5-9(7-11(13)15(17)18)12-8-19-14-4-2-1-3-10(12)14/h1-8,16H,(H,17,18). The molecule has 4 heteroatoms. The maximum Gasteiger partial charge on any atom is 0.339 e. The van der Waals surface area contributed by atoms with Crippen molar-refractivity contribution in [3.05, 3.63) is 53.4 Å². The molecule has 0 unspecified atom stereocenters. The van der Waals surface area contributed by atoms with E-state index in [4.69, 9.17) is 5.11 Å². The van der Waals surface area contributed by atoms with Crippen molar-refractivity contribution >= 4 is 27.4 Å². The molecule has 94 valence electrons. The van der Waals surface area contributed by atoms with Crippen molar-refractivity contribution in [1.29, 1.82) is 0 Å². The van der Waals surface area contributed by atoms with E-state index in [1.165, 1.54) is 12.1 Å². The summed E-state index contributed by atoms with van der Waals surface area (Å²) in [5.74, 6) is -1.34. The van der Waals surface area contributed by atoms with Crippen molar-refractivity contribution in [2.24, 2.45) is 0 Å². The monoisotopic (exact) mass is 270 g/mol. The Balaban J connectivity index is 2.22. The van der Waals surface area contributed by atoms with Gasteiger partial charge in [0.15, 0.2) is 0 Å². The van der Waals surface area contributed by atoms with Gasteiger partial charge in [0.2, 0.25) is 0 Å². The van der Waals surface area contributed by atoms with E-state index in [9.17, 15) is 9.90 Å². The van der Waals surface area contributed by atoms with E-state index < -0.39 is 5.97 Å². The van der Waals surface area contributed by atoms with Crippen LogP contribution < -0.4 is 0 Å². The fourth-order valence-electron chi connectivity index (χ4n) is 2.08. The van der Waals surface area contributed by atoms with Crippen LogP contribution in [0.1, 0.15) is 10.4 Å². The van der Waals surface area contributed by atoms with Crippen LogP contribution in [0.15, 0.2) is 47.8 Å². The zero-order valence-corrected chi connectivity index (χ0v) is 10.6. The van der Waals surface area contributed by atoms with E-state index in [2.05, 4.69) is 0 Å². The molecule has 19 heavy (non-hydrogen) atoms. The third-order valence-electron chi connectivity index (χ3n) is 3.02. The number of carboxylic acids is 1. The number of thiophene rings is 1. The Morgan fingerprint density at radius 1 is 1.11 bits per heavy atom. The smallest absolute Gasteiger partial charge is 0.339 e. The molecule has 0 spiro atoms. The highest BCUT2D eigenvalue weighted by Gasteiger charge is 2.13. The summed E-state index contributed by atoms with van der Waals surface area (Å²) < 4.78 is 1.16. The summed E-state index contributed by atoms with van der Waals surface area (Å²) in [6.45, 7) is 0. The first kappa shape index (κ1) is 11.7. The minimum absolute atomic E-state index is 0.0761. The Morgan fingerprint density at radius 2 is 1.89 bits per heavy atom. The van der Waals surface area contributed by atoms with Crippen LogP contribution in [0.4, 0.5) is 0 Å². The van der Waals surface area contributed by atoms with Gasteiger partial charge in [-0.3, -0.25) is 0 Å². The molecular formula is C15H10O3S. The van der Waals surface area contributed by atoms with E-state index >= 15 is 0 Å². The second-order valence-corrected chi connectivity index (χ2v) is 5.09. The van der Waals surface area contributed by atoms with E-state index in [1.807, 2.05) is 29.6 Å². The predicted octanol–water partition coefficient (Wildman–Crippen LogP) is 3.97. The van der Waals surface area contributed by atoms with Gasteiger partial charge < -0.3 is 10.2 Å². The van der Waals surface area contributed by atoms with Crippen LogP contribution in [0.2, 0.25) is 0 Å². The van der Waals surface area contributed by atoms with Crippen molar-refractivity contribution in [2.75, 3.05) is 0 Å². The lowest BCUT2D eigenvalue weighted by molar-refractivity contribution is 0.0694. The Morgan fingerprint density at radius 3 is 2.68 bits per heavy atom. The molecule has 3 aromatic rings. The fourth-order valence-corrected chi connectivity index (χ4v) is 3.05. The first-order valence-electron chi connectivity index (χ1n) is 5.70. The molecule has 0 aliphatic rings. The van der Waals surface area contributed by atoms with Crippen LogP contribution in [-0.2, 0) is 0 Å². The Hall–Kier alpha value is -2.33. The molecule has 1 heterocycles. The number of carboxylic acid groups (broad SMARTS) is 1. The summed E-state index contributed by atoms with van der Waals surface area (Å²) >= 11 is 1.62. The zero-order valence-electron chi connectivity index (χ0n) is 9.83. The SMILES string of the molecule is O=C(O)c1cc(-c2csc3ccccc23)ccc1O. The minimum atomic E-state index is -1.13. The normalized spacial score (nSPS) is 10.7. The molecule has 0 fully saturated rings. The van der Waals surface area contributed by atoms with E-state index in [0.717, 1.165) is 21.2 Å². The summed E-state index contributed by atoms with van der Waals surface area (Å²) in [6.07, 6.45) is 0. The second-order valence-electron chi connectivity index (χ2n) is 4.18. The Labute approximate surface area is 113 Å². The van der Waals surface area contributed by atoms with Crippen LogP contribution in [0.3, 0.4) is 0 Å². The van der Waals surface area contributed by atoms with Gasteiger partial charge in [-0.1, -0.05) is 24.3 Å². The molecule has 0 radical (unpaired) electrons. The lowest BCUT2D eigenvalue weighted by Crippen LogP contribution is -1.96. The summed E-state index contributed by atoms with van der Waals surface area (Å²) in [7, 11) is 0. The van der Waals surface area contributed by atoms with Gasteiger partial charge in [-0.05, 0) is 29.1 Å². The molecule has 0 aliphatic carbocycles. The fraction of sp³-hybridized carbons (Fsp3) is 0. The van der Waals surface area contributed by atoms with Crippen LogP contribution >= 0.6 is 11.3 Å². The largest absolute Gasteiger partial charge is 0.507 e. The molecule has 3 rings (SSSR count). The zero-order chi connectivity index (χ0) is 13.4. The molecule has 2 N–H and O–H groups in total. The van der Waals surface area contributed by atoms with Crippen molar-refractivity contribution in [2.45, 2.75) is 0 Å². The van der Waals surface area contributed by atoms with Crippen molar-refractivity contribution in [1.82, 2.24) is 0 Å². The number of rotatable bonds is 2. The van der Waals surface area contributed by atoms with Crippen LogP contribution in [0.5, 0.6) is 5.75 Å². The number of aromatic hydroxyl groups is 1. The molecule has 0 amide bonds. The van der Waals surface area contributed by atoms with Crippen LogP contribution in [0.25, 0.3) is 21.2 Å². The molecule has 0 aliphatic heterocycles. The number of benzene rings is 2. The lowest BCUT2D eigenvalue weighted by Gasteiger charge is -2.04. The second kappa shape index (κ2) is 4.40. The number of hydrogen-bond acceptors (Lipinski definition) is 3. The maximum absolute atomic E-state index is 11.0. The van der Waals surface area contributed by atoms with Crippen LogP contribution in [0, 0.1) is 0 Å². The highest BCUT2D eigenvalue weighted by atomic mass is 32.1. The van der Waals surface area contributed by atoms with Gasteiger partial charge >= 0.3 is 5.97 Å². The molecule has 3 nitrogen and oxygen atoms in total. The average Bonchev–Trinajstić information content (AvgIpc) is 2.83. The first-order chi connectivity index (χ1) is 9.16. The van der Waals surface area contributed by atoms with Gasteiger partial charge in [-0.15, -0.1) is 11.3 Å². The summed E-state index contributed by atoms with van der Waals surface area (Å²) in [5.41, 5.74) is 1.71. The van der Waals surface area contributed by atoms with E-state index in [0.29, 0.717) is 0 Å². The van der Waals surface area contributed by atoms with Crippen molar-refractivity contribution < 1.29 is 15.0 Å². The Kier molecular flexibility index (Phi) is 2.72. The van der Waals surface area contributed by atoms with Crippen molar-refractivity contribution in [3.8, 4) is 16.9 Å². The quantitative estimate of drug-likeness (QED) is 0.740. The summed E-state index contributed by atoms with van der Waals surface area (Å²) in [6, 6.07) is 12.6. The summed E-state index contributed by atoms with van der Waals surface area (Å²) in [4.78, 5) is 11.0. The third kappa shape index (κ3) is 1.96. The van der Waals surface area contributed by atoms with E-state index in [1.54, 1.807) is 17.4 Å². The minimum Gasteiger partial charge on any atom is -0.507 e. The van der Waals surface area contributed by atoms with Gasteiger partial charge in [0.25, 0.3) is 0 Å². The molecule has 1 aromatic heterocycles. The van der Waals surface area contributed by atoms with Gasteiger partial charge in [0.1, 0.15) is 11.3 Å². The number of fused-ring (bicyclic) bond motifs is 1. The number of carbonyl (C=O) groups is 1. The van der Waals surface area contributed by atoms with E-state index in [-0.39, 0.29) is 11.3 Å². The lowest BCUT2D eigenvalue weighted by atomic mass is 10.0. The Bertz CT molecular complexity index is 774. The van der Waals surface area contributed by atoms with Gasteiger partial charge in [0.05, 0.1) is 0 Å². The third-order valence-corrected chi connectivity index (χ3v) is 3.98. The number of aromatic carboxylic acids is 1. The number of hydrogen-bond donors (Lipinski definition) is 2. The predicted molar refractivity (Wildman–Crippen MR) is 75.9 cm³/mol.